The molecule has 0 aliphatic rings. The molecule has 0 radical (unpaired) electrons. The maximum absolute atomic E-state index is 7.62. The van der Waals surface area contributed by atoms with Crippen molar-refractivity contribution < 1.29 is 0 Å². The zero-order valence-electron chi connectivity index (χ0n) is 8.61. The van der Waals surface area contributed by atoms with Gasteiger partial charge >= 0.3 is 0 Å². The molecule has 0 aromatic heterocycles. The Hall–Kier alpha value is -0.590. The highest BCUT2D eigenvalue weighted by atomic mass is 14.4. The summed E-state index contributed by atoms with van der Waals surface area (Å²) in [4.78, 5) is 0. The van der Waals surface area contributed by atoms with Gasteiger partial charge in [0, 0.05) is 5.71 Å². The van der Waals surface area contributed by atoms with Gasteiger partial charge in [0.2, 0.25) is 0 Å². The molecule has 70 valence electrons. The third-order valence-corrected chi connectivity index (χ3v) is 1.86. The molecule has 12 heavy (non-hydrogen) atoms. The molecule has 0 aliphatic heterocycles. The molecule has 0 aromatic carbocycles. The van der Waals surface area contributed by atoms with Crippen LogP contribution in [0, 0.1) is 5.41 Å². The third kappa shape index (κ3) is 6.14. The number of nitrogens with one attached hydrogen (secondary N) is 1. The van der Waals surface area contributed by atoms with Crippen LogP contribution in [-0.2, 0) is 0 Å². The van der Waals surface area contributed by atoms with Gasteiger partial charge in [-0.15, -0.1) is 0 Å². The van der Waals surface area contributed by atoms with E-state index in [1.165, 1.54) is 18.4 Å². The molecule has 0 rings (SSSR count). The zero-order chi connectivity index (χ0) is 9.40. The summed E-state index contributed by atoms with van der Waals surface area (Å²) in [5, 5.41) is 7.62. The molecule has 0 spiro atoms. The minimum Gasteiger partial charge on any atom is -0.305 e. The lowest BCUT2D eigenvalue weighted by Gasteiger charge is -1.99. The van der Waals surface area contributed by atoms with Crippen LogP contribution in [0.4, 0.5) is 0 Å². The first-order valence-electron chi connectivity index (χ1n) is 4.95. The van der Waals surface area contributed by atoms with Crippen molar-refractivity contribution in [2.45, 2.75) is 52.9 Å². The van der Waals surface area contributed by atoms with Crippen molar-refractivity contribution in [2.24, 2.45) is 0 Å². The average Bonchev–Trinajstić information content (AvgIpc) is 2.01. The van der Waals surface area contributed by atoms with E-state index in [4.69, 9.17) is 5.41 Å². The summed E-state index contributed by atoms with van der Waals surface area (Å²) in [5.41, 5.74) is 2.14. The minimum absolute atomic E-state index is 0.794. The van der Waals surface area contributed by atoms with Gasteiger partial charge in [-0.3, -0.25) is 0 Å². The molecule has 0 heterocycles. The van der Waals surface area contributed by atoms with Crippen molar-refractivity contribution >= 4 is 5.71 Å². The first-order valence-corrected chi connectivity index (χ1v) is 4.95. The molecule has 0 atom stereocenters. The van der Waals surface area contributed by atoms with E-state index in [0.29, 0.717) is 0 Å². The highest BCUT2D eigenvalue weighted by Gasteiger charge is 1.93. The lowest BCUT2D eigenvalue weighted by molar-refractivity contribution is 0.832. The molecule has 0 aromatic rings. The second-order valence-electron chi connectivity index (χ2n) is 3.37. The Labute approximate surface area is 76.4 Å². The molecule has 0 fully saturated rings. The molecule has 0 aliphatic carbocycles. The van der Waals surface area contributed by atoms with E-state index >= 15 is 0 Å². The number of hydrogen-bond donors (Lipinski definition) is 1. The average molecular weight is 167 g/mol. The number of allylic oxidation sites excluding steroid dienone is 2. The third-order valence-electron chi connectivity index (χ3n) is 1.86. The SMILES string of the molecule is CCCCC(=N)/C=C(\C)CCC. The van der Waals surface area contributed by atoms with Crippen molar-refractivity contribution in [3.8, 4) is 0 Å². The van der Waals surface area contributed by atoms with Gasteiger partial charge in [-0.05, 0) is 32.3 Å². The Morgan fingerprint density at radius 2 is 1.83 bits per heavy atom. The van der Waals surface area contributed by atoms with Crippen LogP contribution in [0.25, 0.3) is 0 Å². The summed E-state index contributed by atoms with van der Waals surface area (Å²) in [6, 6.07) is 0. The van der Waals surface area contributed by atoms with Gasteiger partial charge in [0.1, 0.15) is 0 Å². The predicted octanol–water partition coefficient (Wildman–Crippen LogP) is 3.94. The van der Waals surface area contributed by atoms with Gasteiger partial charge in [0.05, 0.1) is 0 Å². The molecule has 0 unspecified atom stereocenters. The normalized spacial score (nSPS) is 11.8. The van der Waals surface area contributed by atoms with Crippen LogP contribution in [0.2, 0.25) is 0 Å². The van der Waals surface area contributed by atoms with E-state index in [9.17, 15) is 0 Å². The number of unbranched alkanes of at least 4 members (excludes halogenated alkanes) is 1. The molecule has 1 nitrogen and oxygen atoms in total. The Bertz CT molecular complexity index is 156. The van der Waals surface area contributed by atoms with Gasteiger partial charge in [0.25, 0.3) is 0 Å². The van der Waals surface area contributed by atoms with E-state index < -0.39 is 0 Å². The summed E-state index contributed by atoms with van der Waals surface area (Å²) < 4.78 is 0. The minimum atomic E-state index is 0.794. The van der Waals surface area contributed by atoms with Crippen LogP contribution < -0.4 is 0 Å². The topological polar surface area (TPSA) is 23.9 Å². The molecule has 0 saturated heterocycles. The monoisotopic (exact) mass is 167 g/mol. The second-order valence-corrected chi connectivity index (χ2v) is 3.37. The van der Waals surface area contributed by atoms with E-state index in [1.54, 1.807) is 0 Å². The van der Waals surface area contributed by atoms with Crippen LogP contribution >= 0.6 is 0 Å². The van der Waals surface area contributed by atoms with Gasteiger partial charge in [-0.2, -0.15) is 0 Å². The Morgan fingerprint density at radius 3 is 2.33 bits per heavy atom. The maximum Gasteiger partial charge on any atom is 0.0313 e. The molecule has 0 saturated carbocycles. The van der Waals surface area contributed by atoms with Crippen LogP contribution in [0.15, 0.2) is 11.6 Å². The largest absolute Gasteiger partial charge is 0.305 e. The van der Waals surface area contributed by atoms with Crippen LogP contribution in [0.5, 0.6) is 0 Å². The molecule has 1 N–H and O–H groups in total. The summed E-state index contributed by atoms with van der Waals surface area (Å²) in [5.74, 6) is 0. The molecule has 1 heteroatoms. The van der Waals surface area contributed by atoms with E-state index in [2.05, 4.69) is 20.8 Å². The molecular weight excluding hydrogens is 146 g/mol. The standard InChI is InChI=1S/C11H21N/c1-4-6-8-11(12)9-10(3)7-5-2/h9,12H,4-8H2,1-3H3/b10-9+,12-11?. The number of rotatable bonds is 6. The van der Waals surface area contributed by atoms with Crippen LogP contribution in [0.1, 0.15) is 52.9 Å². The lowest BCUT2D eigenvalue weighted by Crippen LogP contribution is -1.92. The lowest BCUT2D eigenvalue weighted by atomic mass is 10.1. The summed E-state index contributed by atoms with van der Waals surface area (Å²) in [6.45, 7) is 6.45. The van der Waals surface area contributed by atoms with Crippen molar-refractivity contribution in [1.82, 2.24) is 0 Å². The fourth-order valence-electron chi connectivity index (χ4n) is 1.20. The summed E-state index contributed by atoms with van der Waals surface area (Å²) in [6.07, 6.45) is 7.62. The Balaban J connectivity index is 3.71. The van der Waals surface area contributed by atoms with Crippen molar-refractivity contribution in [2.75, 3.05) is 0 Å². The molecule has 0 bridgehead atoms. The zero-order valence-corrected chi connectivity index (χ0v) is 8.61. The fourth-order valence-corrected chi connectivity index (χ4v) is 1.20. The van der Waals surface area contributed by atoms with Crippen molar-refractivity contribution in [3.05, 3.63) is 11.6 Å². The highest BCUT2D eigenvalue weighted by Crippen LogP contribution is 2.05. The smallest absolute Gasteiger partial charge is 0.0313 e. The quantitative estimate of drug-likeness (QED) is 0.579. The Kier molecular flexibility index (Phi) is 6.73. The summed E-state index contributed by atoms with van der Waals surface area (Å²) in [7, 11) is 0. The Morgan fingerprint density at radius 1 is 1.17 bits per heavy atom. The van der Waals surface area contributed by atoms with Gasteiger partial charge in [-0.25, -0.2) is 0 Å². The van der Waals surface area contributed by atoms with Gasteiger partial charge in [0.15, 0.2) is 0 Å². The van der Waals surface area contributed by atoms with Crippen molar-refractivity contribution in [3.63, 3.8) is 0 Å². The van der Waals surface area contributed by atoms with Gasteiger partial charge in [-0.1, -0.05) is 32.3 Å². The first-order chi connectivity index (χ1) is 5.70. The predicted molar refractivity (Wildman–Crippen MR) is 55.9 cm³/mol. The number of hydrogen-bond acceptors (Lipinski definition) is 1. The highest BCUT2D eigenvalue weighted by molar-refractivity contribution is 5.92. The molecular formula is C11H21N. The first kappa shape index (κ1) is 11.4. The van der Waals surface area contributed by atoms with E-state index in [1.807, 2.05) is 6.08 Å². The summed E-state index contributed by atoms with van der Waals surface area (Å²) >= 11 is 0. The fraction of sp³-hybridized carbons (Fsp3) is 0.727. The maximum atomic E-state index is 7.62. The van der Waals surface area contributed by atoms with Gasteiger partial charge < -0.3 is 5.41 Å². The second kappa shape index (κ2) is 7.08. The van der Waals surface area contributed by atoms with E-state index in [-0.39, 0.29) is 0 Å². The van der Waals surface area contributed by atoms with E-state index in [0.717, 1.165) is 25.0 Å². The van der Waals surface area contributed by atoms with Crippen LogP contribution in [-0.4, -0.2) is 5.71 Å². The van der Waals surface area contributed by atoms with Crippen LogP contribution in [0.3, 0.4) is 0 Å². The van der Waals surface area contributed by atoms with Crippen molar-refractivity contribution in [1.29, 1.82) is 5.41 Å². The molecule has 0 amide bonds.